The molecule has 0 aliphatic carbocycles. The van der Waals surface area contributed by atoms with Crippen LogP contribution in [0.5, 0.6) is 5.75 Å². The van der Waals surface area contributed by atoms with Crippen LogP contribution in [0, 0.1) is 5.92 Å². The smallest absolute Gasteiger partial charge is 0.258 e. The standard InChI is InChI=1S/C21H24N2O2/c1-25-20-10-6-5-9-18(20)23(21(24)17-7-3-2-4-8-17)19-15-22-13-11-16(19)12-14-22/h2-10,16,19H,11-15H2,1H3/p+1/t19-/m1/s1. The number of carbonyl (C=O) groups excluding carboxylic acids is 1. The number of nitrogens with one attached hydrogen (secondary N) is 1. The van der Waals surface area contributed by atoms with E-state index < -0.39 is 0 Å². The molecule has 3 aliphatic heterocycles. The Morgan fingerprint density at radius 1 is 1.04 bits per heavy atom. The second-order valence-corrected chi connectivity index (χ2v) is 7.07. The first-order valence-corrected chi connectivity index (χ1v) is 9.13. The summed E-state index contributed by atoms with van der Waals surface area (Å²) < 4.78 is 5.58. The van der Waals surface area contributed by atoms with Crippen molar-refractivity contribution in [1.29, 1.82) is 0 Å². The van der Waals surface area contributed by atoms with Gasteiger partial charge < -0.3 is 9.64 Å². The number of ether oxygens (including phenoxy) is 1. The maximum atomic E-state index is 13.5. The van der Waals surface area contributed by atoms with Crippen LogP contribution in [0.4, 0.5) is 5.69 Å². The summed E-state index contributed by atoms with van der Waals surface area (Å²) in [7, 11) is 1.67. The molecule has 0 radical (unpaired) electrons. The lowest BCUT2D eigenvalue weighted by atomic mass is 9.82. The van der Waals surface area contributed by atoms with Crippen LogP contribution in [0.2, 0.25) is 0 Å². The van der Waals surface area contributed by atoms with Gasteiger partial charge in [-0.2, -0.15) is 0 Å². The van der Waals surface area contributed by atoms with E-state index in [9.17, 15) is 4.79 Å². The summed E-state index contributed by atoms with van der Waals surface area (Å²) in [4.78, 5) is 17.1. The van der Waals surface area contributed by atoms with Crippen molar-refractivity contribution in [3.8, 4) is 5.75 Å². The lowest BCUT2D eigenvalue weighted by Gasteiger charge is -2.46. The van der Waals surface area contributed by atoms with Crippen LogP contribution in [0.25, 0.3) is 0 Å². The SMILES string of the molecule is COc1ccccc1N(C(=O)c1ccccc1)[C@@H]1C[NH+]2CCC1CC2. The summed E-state index contributed by atoms with van der Waals surface area (Å²) in [6, 6.07) is 17.7. The lowest BCUT2D eigenvalue weighted by molar-refractivity contribution is -0.917. The molecule has 3 heterocycles. The molecule has 0 spiro atoms. The Bertz CT molecular complexity index is 739. The van der Waals surface area contributed by atoms with Crippen molar-refractivity contribution in [3.63, 3.8) is 0 Å². The average Bonchev–Trinajstić information content (AvgIpc) is 2.70. The maximum Gasteiger partial charge on any atom is 0.258 e. The number of nitrogens with zero attached hydrogens (tertiary/aromatic N) is 1. The molecule has 130 valence electrons. The van der Waals surface area contributed by atoms with Gasteiger partial charge in [0.1, 0.15) is 5.75 Å². The molecule has 2 aromatic carbocycles. The van der Waals surface area contributed by atoms with Crippen molar-refractivity contribution in [1.82, 2.24) is 0 Å². The third kappa shape index (κ3) is 3.02. The molecule has 25 heavy (non-hydrogen) atoms. The molecule has 4 nitrogen and oxygen atoms in total. The highest BCUT2D eigenvalue weighted by Gasteiger charge is 2.43. The van der Waals surface area contributed by atoms with Crippen molar-refractivity contribution >= 4 is 11.6 Å². The molecule has 2 bridgehead atoms. The van der Waals surface area contributed by atoms with Crippen molar-refractivity contribution in [2.45, 2.75) is 18.9 Å². The number of quaternary nitrogens is 1. The summed E-state index contributed by atoms with van der Waals surface area (Å²) in [6.07, 6.45) is 2.40. The molecule has 4 heteroatoms. The van der Waals surface area contributed by atoms with Crippen LogP contribution in [-0.4, -0.2) is 38.7 Å². The van der Waals surface area contributed by atoms with Gasteiger partial charge in [-0.15, -0.1) is 0 Å². The van der Waals surface area contributed by atoms with Crippen molar-refractivity contribution in [2.75, 3.05) is 31.6 Å². The maximum absolute atomic E-state index is 13.5. The van der Waals surface area contributed by atoms with Crippen molar-refractivity contribution in [3.05, 3.63) is 60.2 Å². The molecule has 1 amide bonds. The fraction of sp³-hybridized carbons (Fsp3) is 0.381. The zero-order valence-electron chi connectivity index (χ0n) is 14.7. The van der Waals surface area contributed by atoms with Gasteiger partial charge in [0, 0.05) is 18.4 Å². The Labute approximate surface area is 149 Å². The van der Waals surface area contributed by atoms with Gasteiger partial charge in [-0.25, -0.2) is 0 Å². The number of benzene rings is 2. The van der Waals surface area contributed by atoms with Crippen LogP contribution in [0.15, 0.2) is 54.6 Å². The van der Waals surface area contributed by atoms with Crippen molar-refractivity contribution < 1.29 is 14.4 Å². The largest absolute Gasteiger partial charge is 0.495 e. The summed E-state index contributed by atoms with van der Waals surface area (Å²) in [6.45, 7) is 3.50. The van der Waals surface area contributed by atoms with E-state index in [1.165, 1.54) is 25.9 Å². The molecule has 0 unspecified atom stereocenters. The highest BCUT2D eigenvalue weighted by atomic mass is 16.5. The van der Waals surface area contributed by atoms with Gasteiger partial charge in [0.05, 0.1) is 38.5 Å². The Balaban J connectivity index is 1.77. The van der Waals surface area contributed by atoms with E-state index in [2.05, 4.69) is 0 Å². The van der Waals surface area contributed by atoms with Gasteiger partial charge in [-0.3, -0.25) is 9.69 Å². The fourth-order valence-corrected chi connectivity index (χ4v) is 4.39. The van der Waals surface area contributed by atoms with E-state index >= 15 is 0 Å². The molecule has 1 atom stereocenters. The van der Waals surface area contributed by atoms with E-state index in [0.29, 0.717) is 5.92 Å². The number of anilines is 1. The predicted molar refractivity (Wildman–Crippen MR) is 98.3 cm³/mol. The van der Waals surface area contributed by atoms with Crippen molar-refractivity contribution in [2.24, 2.45) is 5.92 Å². The highest BCUT2D eigenvalue weighted by Crippen LogP contribution is 2.34. The number of carbonyl (C=O) groups is 1. The number of amides is 1. The molecule has 3 aliphatic rings. The Morgan fingerprint density at radius 3 is 2.36 bits per heavy atom. The number of rotatable bonds is 4. The monoisotopic (exact) mass is 337 g/mol. The van der Waals surface area contributed by atoms with Gasteiger partial charge in [0.15, 0.2) is 0 Å². The molecule has 0 saturated carbocycles. The first kappa shape index (κ1) is 16.2. The molecule has 5 rings (SSSR count). The molecular formula is C21H25N2O2+. The number of para-hydroxylation sites is 2. The van der Waals surface area contributed by atoms with Gasteiger partial charge >= 0.3 is 0 Å². The first-order chi connectivity index (χ1) is 12.3. The van der Waals surface area contributed by atoms with Crippen LogP contribution in [0.1, 0.15) is 23.2 Å². The number of hydrogen-bond acceptors (Lipinski definition) is 2. The molecule has 3 saturated heterocycles. The minimum absolute atomic E-state index is 0.0725. The van der Waals surface area contributed by atoms with E-state index in [4.69, 9.17) is 4.74 Å². The zero-order chi connectivity index (χ0) is 17.2. The van der Waals surface area contributed by atoms with Gasteiger partial charge in [-0.05, 0) is 30.2 Å². The second-order valence-electron chi connectivity index (χ2n) is 7.07. The second kappa shape index (κ2) is 6.89. The summed E-state index contributed by atoms with van der Waals surface area (Å²) in [5, 5.41) is 0. The zero-order valence-corrected chi connectivity index (χ0v) is 14.7. The van der Waals surface area contributed by atoms with E-state index in [1.54, 1.807) is 12.0 Å². The third-order valence-electron chi connectivity index (χ3n) is 5.70. The van der Waals surface area contributed by atoms with Gasteiger partial charge in [0.2, 0.25) is 0 Å². The van der Waals surface area contributed by atoms with Crippen LogP contribution < -0.4 is 14.5 Å². The van der Waals surface area contributed by atoms with Crippen LogP contribution in [0.3, 0.4) is 0 Å². The number of piperidine rings is 3. The molecule has 2 aromatic rings. The topological polar surface area (TPSA) is 34.0 Å². The first-order valence-electron chi connectivity index (χ1n) is 9.13. The van der Waals surface area contributed by atoms with Crippen LogP contribution in [-0.2, 0) is 0 Å². The molecular weight excluding hydrogens is 312 g/mol. The molecule has 1 N–H and O–H groups in total. The normalized spacial score (nSPS) is 24.8. The average molecular weight is 337 g/mol. The van der Waals surface area contributed by atoms with Crippen LogP contribution >= 0.6 is 0 Å². The van der Waals surface area contributed by atoms with Gasteiger partial charge in [0.25, 0.3) is 5.91 Å². The number of hydrogen-bond donors (Lipinski definition) is 1. The third-order valence-corrected chi connectivity index (χ3v) is 5.70. The minimum atomic E-state index is 0.0725. The fourth-order valence-electron chi connectivity index (χ4n) is 4.39. The number of methoxy groups -OCH3 is 1. The number of fused-ring (bicyclic) bond motifs is 3. The van der Waals surface area contributed by atoms with E-state index in [-0.39, 0.29) is 11.9 Å². The highest BCUT2D eigenvalue weighted by molar-refractivity contribution is 6.07. The van der Waals surface area contributed by atoms with E-state index in [0.717, 1.165) is 23.5 Å². The predicted octanol–water partition coefficient (Wildman–Crippen LogP) is 2.02. The Kier molecular flexibility index (Phi) is 4.45. The quantitative estimate of drug-likeness (QED) is 0.926. The van der Waals surface area contributed by atoms with Gasteiger partial charge in [-0.1, -0.05) is 30.3 Å². The molecule has 0 aromatic heterocycles. The Morgan fingerprint density at radius 2 is 1.72 bits per heavy atom. The Hall–Kier alpha value is -2.33. The summed E-state index contributed by atoms with van der Waals surface area (Å²) in [5.74, 6) is 1.41. The minimum Gasteiger partial charge on any atom is -0.495 e. The lowest BCUT2D eigenvalue weighted by Crippen LogP contribution is -3.17. The summed E-state index contributed by atoms with van der Waals surface area (Å²) in [5.41, 5.74) is 1.62. The van der Waals surface area contributed by atoms with E-state index in [1.807, 2.05) is 59.5 Å². The summed E-state index contributed by atoms with van der Waals surface area (Å²) >= 11 is 0. The molecule has 3 fully saturated rings.